The van der Waals surface area contributed by atoms with Gasteiger partial charge in [-0.2, -0.15) is 0 Å². The van der Waals surface area contributed by atoms with Gasteiger partial charge >= 0.3 is 0 Å². The Morgan fingerprint density at radius 3 is 1.29 bits per heavy atom. The van der Waals surface area contributed by atoms with Crippen LogP contribution in [0.25, 0.3) is 0 Å². The number of rotatable bonds is 53. The van der Waals surface area contributed by atoms with Gasteiger partial charge in [0.25, 0.3) is 0 Å². The van der Waals surface area contributed by atoms with Gasteiger partial charge in [0.05, 0.1) is 32.0 Å². The minimum absolute atomic E-state index is 0.244. The molecule has 2 heterocycles. The summed E-state index contributed by atoms with van der Waals surface area (Å²) >= 11 is 0. The molecule has 0 saturated carbocycles. The standard InChI is InChI=1S/C65H121NO13/c1-3-5-7-9-10-11-12-13-14-15-16-17-18-19-20-21-22-23-24-25-26-27-28-29-30-31-32-33-34-35-36-37-38-39-40-41-42-43-44-45-47-49-57(70)66-53(54(69)48-46-8-6-4-2)52-76-64-62(75)60(73)63(56(51-68)78-64)79-65-61(74)59(72)58(71)55(50-67)77-65/h12-13,15-16,46,48,53-56,58-65,67-69,71-75H,3-11,14,17-45,47,49-52H2,1-2H3,(H,66,70)/b13-12-,16-15-,48-46+. The van der Waals surface area contributed by atoms with Crippen LogP contribution in [-0.4, -0.2) is 140 Å². The predicted octanol–water partition coefficient (Wildman–Crippen LogP) is 12.2. The van der Waals surface area contributed by atoms with Crippen LogP contribution in [0.5, 0.6) is 0 Å². The largest absolute Gasteiger partial charge is 0.394 e. The van der Waals surface area contributed by atoms with E-state index in [-0.39, 0.29) is 18.9 Å². The number of aliphatic hydroxyl groups is 8. The minimum atomic E-state index is -1.78. The van der Waals surface area contributed by atoms with Crippen molar-refractivity contribution in [2.45, 2.75) is 351 Å². The Kier molecular flexibility index (Phi) is 47.0. The Hall–Kier alpha value is -1.79. The maximum Gasteiger partial charge on any atom is 0.220 e. The van der Waals surface area contributed by atoms with Crippen LogP contribution < -0.4 is 5.32 Å². The second kappa shape index (κ2) is 50.7. The van der Waals surface area contributed by atoms with Crippen molar-refractivity contribution < 1.29 is 64.6 Å². The van der Waals surface area contributed by atoms with E-state index in [9.17, 15) is 45.6 Å². The van der Waals surface area contributed by atoms with E-state index in [2.05, 4.69) is 43.5 Å². The van der Waals surface area contributed by atoms with Crippen molar-refractivity contribution in [2.24, 2.45) is 0 Å². The summed E-state index contributed by atoms with van der Waals surface area (Å²) in [5.74, 6) is -0.244. The topological polar surface area (TPSA) is 228 Å². The lowest BCUT2D eigenvalue weighted by Gasteiger charge is -2.46. The third kappa shape index (κ3) is 35.8. The van der Waals surface area contributed by atoms with E-state index < -0.39 is 86.8 Å². The highest BCUT2D eigenvalue weighted by Gasteiger charge is 2.51. The van der Waals surface area contributed by atoms with E-state index in [1.807, 2.05) is 6.08 Å². The summed E-state index contributed by atoms with van der Waals surface area (Å²) in [6.45, 7) is 2.63. The van der Waals surface area contributed by atoms with Crippen LogP contribution >= 0.6 is 0 Å². The molecule has 464 valence electrons. The molecule has 12 unspecified atom stereocenters. The first-order valence-electron chi connectivity index (χ1n) is 32.7. The van der Waals surface area contributed by atoms with E-state index >= 15 is 0 Å². The first-order valence-corrected chi connectivity index (χ1v) is 32.7. The van der Waals surface area contributed by atoms with Crippen molar-refractivity contribution in [3.05, 3.63) is 36.5 Å². The molecule has 79 heavy (non-hydrogen) atoms. The molecular formula is C65H121NO13. The zero-order valence-electron chi connectivity index (χ0n) is 50.1. The highest BCUT2D eigenvalue weighted by Crippen LogP contribution is 2.30. The maximum atomic E-state index is 13.1. The fraction of sp³-hybridized carbons (Fsp3) is 0.892. The summed E-state index contributed by atoms with van der Waals surface area (Å²) in [5, 5.41) is 86.3. The molecule has 0 aromatic rings. The van der Waals surface area contributed by atoms with Crippen LogP contribution in [0.4, 0.5) is 0 Å². The summed E-state index contributed by atoms with van der Waals surface area (Å²) in [6.07, 6.45) is 47.8. The molecule has 9 N–H and O–H groups in total. The lowest BCUT2D eigenvalue weighted by molar-refractivity contribution is -0.359. The molecule has 0 aliphatic carbocycles. The Balaban J connectivity index is 1.42. The average Bonchev–Trinajstić information content (AvgIpc) is 3.48. The summed E-state index contributed by atoms with van der Waals surface area (Å²) in [5.41, 5.74) is 0. The van der Waals surface area contributed by atoms with Crippen LogP contribution in [0, 0.1) is 0 Å². The number of unbranched alkanes of at least 4 members (excludes halogenated alkanes) is 36. The molecule has 0 bridgehead atoms. The minimum Gasteiger partial charge on any atom is -0.394 e. The fourth-order valence-electron chi connectivity index (χ4n) is 10.8. The maximum absolute atomic E-state index is 13.1. The average molecular weight is 1120 g/mol. The van der Waals surface area contributed by atoms with Crippen LogP contribution in [0.2, 0.25) is 0 Å². The van der Waals surface area contributed by atoms with Gasteiger partial charge in [0, 0.05) is 6.42 Å². The second-order valence-electron chi connectivity index (χ2n) is 23.2. The number of aliphatic hydroxyl groups excluding tert-OH is 8. The van der Waals surface area contributed by atoms with Crippen LogP contribution in [0.3, 0.4) is 0 Å². The quantitative estimate of drug-likeness (QED) is 0.0204. The molecule has 14 nitrogen and oxygen atoms in total. The third-order valence-electron chi connectivity index (χ3n) is 16.1. The smallest absolute Gasteiger partial charge is 0.220 e. The summed E-state index contributed by atoms with van der Waals surface area (Å²) in [7, 11) is 0. The Morgan fingerprint density at radius 2 is 0.848 bits per heavy atom. The van der Waals surface area contributed by atoms with Gasteiger partial charge in [-0.25, -0.2) is 0 Å². The molecule has 14 heteroatoms. The molecule has 0 spiro atoms. The number of carbonyl (C=O) groups excluding carboxylic acids is 1. The van der Waals surface area contributed by atoms with Gasteiger partial charge in [0.2, 0.25) is 5.91 Å². The van der Waals surface area contributed by atoms with Crippen molar-refractivity contribution >= 4 is 5.91 Å². The van der Waals surface area contributed by atoms with Crippen molar-refractivity contribution in [1.29, 1.82) is 0 Å². The van der Waals surface area contributed by atoms with Gasteiger partial charge in [-0.15, -0.1) is 0 Å². The lowest BCUT2D eigenvalue weighted by atomic mass is 9.97. The zero-order chi connectivity index (χ0) is 57.4. The Labute approximate surface area is 481 Å². The lowest BCUT2D eigenvalue weighted by Crippen LogP contribution is -2.65. The summed E-state index contributed by atoms with van der Waals surface area (Å²) < 4.78 is 22.6. The highest BCUT2D eigenvalue weighted by molar-refractivity contribution is 5.76. The van der Waals surface area contributed by atoms with E-state index in [0.717, 1.165) is 44.9 Å². The molecule has 2 saturated heterocycles. The number of carbonyl (C=O) groups is 1. The van der Waals surface area contributed by atoms with E-state index in [0.29, 0.717) is 6.42 Å². The first-order chi connectivity index (χ1) is 38.6. The number of hydrogen-bond acceptors (Lipinski definition) is 13. The van der Waals surface area contributed by atoms with Gasteiger partial charge in [0.1, 0.15) is 48.8 Å². The molecule has 0 aromatic carbocycles. The van der Waals surface area contributed by atoms with Crippen molar-refractivity contribution in [3.63, 3.8) is 0 Å². The van der Waals surface area contributed by atoms with Gasteiger partial charge in [-0.05, 0) is 44.9 Å². The number of hydrogen-bond donors (Lipinski definition) is 9. The third-order valence-corrected chi connectivity index (χ3v) is 16.1. The second-order valence-corrected chi connectivity index (χ2v) is 23.2. The van der Waals surface area contributed by atoms with Crippen LogP contribution in [0.1, 0.15) is 277 Å². The predicted molar refractivity (Wildman–Crippen MR) is 318 cm³/mol. The Bertz CT molecular complexity index is 1460. The van der Waals surface area contributed by atoms with Gasteiger partial charge in [-0.3, -0.25) is 4.79 Å². The number of ether oxygens (including phenoxy) is 4. The fourth-order valence-corrected chi connectivity index (χ4v) is 10.8. The molecular weight excluding hydrogens is 1000 g/mol. The van der Waals surface area contributed by atoms with Gasteiger partial charge in [-0.1, -0.05) is 262 Å². The molecule has 2 aliphatic rings. The van der Waals surface area contributed by atoms with Gasteiger partial charge < -0.3 is 65.1 Å². The Morgan fingerprint density at radius 1 is 0.456 bits per heavy atom. The first kappa shape index (κ1) is 73.3. The molecule has 0 radical (unpaired) electrons. The van der Waals surface area contributed by atoms with Crippen molar-refractivity contribution in [3.8, 4) is 0 Å². The number of amides is 1. The molecule has 1 amide bonds. The monoisotopic (exact) mass is 1120 g/mol. The van der Waals surface area contributed by atoms with E-state index in [1.54, 1.807) is 6.08 Å². The normalized spacial score (nSPS) is 24.6. The van der Waals surface area contributed by atoms with E-state index in [1.165, 1.54) is 205 Å². The number of allylic oxidation sites excluding steroid dienone is 5. The highest BCUT2D eigenvalue weighted by atomic mass is 16.7. The molecule has 2 fully saturated rings. The van der Waals surface area contributed by atoms with Crippen LogP contribution in [0.15, 0.2) is 36.5 Å². The van der Waals surface area contributed by atoms with Crippen molar-refractivity contribution in [1.82, 2.24) is 5.32 Å². The van der Waals surface area contributed by atoms with E-state index in [4.69, 9.17) is 18.9 Å². The van der Waals surface area contributed by atoms with Crippen LogP contribution in [-0.2, 0) is 23.7 Å². The van der Waals surface area contributed by atoms with Crippen molar-refractivity contribution in [2.75, 3.05) is 19.8 Å². The summed E-state index contributed by atoms with van der Waals surface area (Å²) in [4.78, 5) is 13.1. The zero-order valence-corrected chi connectivity index (χ0v) is 50.1. The summed E-state index contributed by atoms with van der Waals surface area (Å²) in [6, 6.07) is -0.907. The number of nitrogens with one attached hydrogen (secondary N) is 1. The van der Waals surface area contributed by atoms with Gasteiger partial charge in [0.15, 0.2) is 12.6 Å². The SMILES string of the molecule is CCCC/C=C/C(O)C(COC1OC(CO)C(OC2OC(CO)C(O)C(O)C2O)C(O)C1O)NC(=O)CCCCCCCCCCCCCCCCCCCCCCCCCCCCCCC/C=C\C/C=C\CCCCCCC. The molecule has 12 atom stereocenters. The molecule has 0 aromatic heterocycles. The molecule has 2 rings (SSSR count). The molecule has 2 aliphatic heterocycles.